The summed E-state index contributed by atoms with van der Waals surface area (Å²) in [5.74, 6) is 0.351. The van der Waals surface area contributed by atoms with Gasteiger partial charge in [-0.3, -0.25) is 4.79 Å². The number of Topliss-reactive ketones (excluding diaryl/α,β-unsaturated/α-hetero) is 1. The van der Waals surface area contributed by atoms with Crippen LogP contribution in [0.2, 0.25) is 0 Å². The van der Waals surface area contributed by atoms with Crippen molar-refractivity contribution in [2.24, 2.45) is 0 Å². The van der Waals surface area contributed by atoms with E-state index in [2.05, 4.69) is 22.9 Å². The summed E-state index contributed by atoms with van der Waals surface area (Å²) in [7, 11) is 0. The van der Waals surface area contributed by atoms with Gasteiger partial charge < -0.3 is 0 Å². The minimum Gasteiger partial charge on any atom is -0.298 e. The van der Waals surface area contributed by atoms with Gasteiger partial charge >= 0.3 is 0 Å². The first-order chi connectivity index (χ1) is 4.72. The highest BCUT2D eigenvalue weighted by molar-refractivity contribution is 9.10. The van der Waals surface area contributed by atoms with E-state index < -0.39 is 0 Å². The Balaban J connectivity index is 3.49. The highest BCUT2D eigenvalue weighted by Gasteiger charge is 2.11. The van der Waals surface area contributed by atoms with Gasteiger partial charge in [0.05, 0.1) is 4.83 Å². The molecule has 1 atom stereocenters. The lowest BCUT2D eigenvalue weighted by atomic mass is 10.1. The van der Waals surface area contributed by atoms with Crippen LogP contribution in [0.3, 0.4) is 0 Å². The highest BCUT2D eigenvalue weighted by Crippen LogP contribution is 2.11. The Labute approximate surface area is 71.3 Å². The first-order valence-corrected chi connectivity index (χ1v) is 4.80. The second-order valence-electron chi connectivity index (χ2n) is 2.47. The second-order valence-corrected chi connectivity index (χ2v) is 3.58. The number of carbonyl (C=O) groups is 1. The number of ketones is 1. The first kappa shape index (κ1) is 10.2. The molecular weight excluding hydrogens is 192 g/mol. The minimum absolute atomic E-state index is 0.109. The largest absolute Gasteiger partial charge is 0.298 e. The van der Waals surface area contributed by atoms with Crippen molar-refractivity contribution < 1.29 is 4.79 Å². The molecule has 0 saturated heterocycles. The van der Waals surface area contributed by atoms with Gasteiger partial charge in [-0.1, -0.05) is 36.2 Å². The van der Waals surface area contributed by atoms with Gasteiger partial charge in [-0.25, -0.2) is 0 Å². The third-order valence-electron chi connectivity index (χ3n) is 1.39. The fourth-order valence-electron chi connectivity index (χ4n) is 0.817. The molecule has 0 aromatic carbocycles. The number of hydrogen-bond acceptors (Lipinski definition) is 1. The molecule has 0 amide bonds. The molecule has 10 heavy (non-hydrogen) atoms. The molecule has 0 rings (SSSR count). The monoisotopic (exact) mass is 206 g/mol. The quantitative estimate of drug-likeness (QED) is 0.633. The zero-order valence-electron chi connectivity index (χ0n) is 6.69. The number of rotatable bonds is 5. The van der Waals surface area contributed by atoms with E-state index in [1.807, 2.05) is 6.92 Å². The van der Waals surface area contributed by atoms with Crippen molar-refractivity contribution in [2.75, 3.05) is 0 Å². The topological polar surface area (TPSA) is 17.1 Å². The Bertz CT molecular complexity index is 101. The fourth-order valence-corrected chi connectivity index (χ4v) is 1.50. The zero-order chi connectivity index (χ0) is 7.98. The van der Waals surface area contributed by atoms with Crippen molar-refractivity contribution in [1.82, 2.24) is 0 Å². The molecule has 0 aliphatic heterocycles. The van der Waals surface area contributed by atoms with E-state index in [-0.39, 0.29) is 4.83 Å². The molecule has 0 spiro atoms. The molecule has 2 heteroatoms. The molecule has 0 radical (unpaired) electrons. The van der Waals surface area contributed by atoms with Gasteiger partial charge in [0.15, 0.2) is 0 Å². The molecule has 0 aliphatic rings. The maximum atomic E-state index is 11.1. The van der Waals surface area contributed by atoms with Crippen molar-refractivity contribution in [2.45, 2.75) is 44.4 Å². The van der Waals surface area contributed by atoms with Crippen LogP contribution in [-0.2, 0) is 4.79 Å². The van der Waals surface area contributed by atoms with Crippen LogP contribution in [0.5, 0.6) is 0 Å². The average Bonchev–Trinajstić information content (AvgIpc) is 1.89. The Morgan fingerprint density at radius 2 is 2.00 bits per heavy atom. The average molecular weight is 207 g/mol. The number of alkyl halides is 1. The van der Waals surface area contributed by atoms with E-state index in [9.17, 15) is 4.79 Å². The summed E-state index contributed by atoms with van der Waals surface area (Å²) < 4.78 is 0. The van der Waals surface area contributed by atoms with Crippen LogP contribution in [0.15, 0.2) is 0 Å². The molecule has 0 aromatic heterocycles. The van der Waals surface area contributed by atoms with Crippen molar-refractivity contribution >= 4 is 21.7 Å². The zero-order valence-corrected chi connectivity index (χ0v) is 8.28. The smallest absolute Gasteiger partial charge is 0.146 e. The van der Waals surface area contributed by atoms with Crippen LogP contribution < -0.4 is 0 Å². The van der Waals surface area contributed by atoms with Gasteiger partial charge in [0.1, 0.15) is 5.78 Å². The normalized spacial score (nSPS) is 13.1. The number of carbonyl (C=O) groups excluding carboxylic acids is 1. The lowest BCUT2D eigenvalue weighted by Gasteiger charge is -2.04. The molecule has 60 valence electrons. The molecule has 0 N–H and O–H groups in total. The Kier molecular flexibility index (Phi) is 5.99. The SMILES string of the molecule is CCCC(=O)C(Br)CCC. The van der Waals surface area contributed by atoms with Crippen LogP contribution in [0.1, 0.15) is 39.5 Å². The summed E-state index contributed by atoms with van der Waals surface area (Å²) in [6.45, 7) is 4.12. The van der Waals surface area contributed by atoms with Gasteiger partial charge in [0.25, 0.3) is 0 Å². The molecule has 0 bridgehead atoms. The number of halogens is 1. The molecule has 0 aromatic rings. The predicted molar refractivity (Wildman–Crippen MR) is 47.5 cm³/mol. The van der Waals surface area contributed by atoms with Crippen LogP contribution >= 0.6 is 15.9 Å². The van der Waals surface area contributed by atoms with Crippen LogP contribution in [0.25, 0.3) is 0 Å². The van der Waals surface area contributed by atoms with Gasteiger partial charge in [0, 0.05) is 6.42 Å². The molecule has 1 nitrogen and oxygen atoms in total. The lowest BCUT2D eigenvalue weighted by Crippen LogP contribution is -2.12. The van der Waals surface area contributed by atoms with E-state index in [1.165, 1.54) is 0 Å². The lowest BCUT2D eigenvalue weighted by molar-refractivity contribution is -0.118. The summed E-state index contributed by atoms with van der Waals surface area (Å²) in [5.41, 5.74) is 0. The maximum Gasteiger partial charge on any atom is 0.146 e. The predicted octanol–water partition coefficient (Wildman–Crippen LogP) is 2.92. The van der Waals surface area contributed by atoms with Gasteiger partial charge in [0.2, 0.25) is 0 Å². The van der Waals surface area contributed by atoms with E-state index in [0.29, 0.717) is 5.78 Å². The molecule has 1 unspecified atom stereocenters. The van der Waals surface area contributed by atoms with Crippen molar-refractivity contribution in [3.8, 4) is 0 Å². The van der Waals surface area contributed by atoms with E-state index in [4.69, 9.17) is 0 Å². The Morgan fingerprint density at radius 1 is 1.40 bits per heavy atom. The third-order valence-corrected chi connectivity index (χ3v) is 2.36. The molecule has 0 aliphatic carbocycles. The fraction of sp³-hybridized carbons (Fsp3) is 0.875. The number of hydrogen-bond donors (Lipinski definition) is 0. The van der Waals surface area contributed by atoms with Crippen LogP contribution in [-0.4, -0.2) is 10.6 Å². The van der Waals surface area contributed by atoms with Crippen LogP contribution in [0.4, 0.5) is 0 Å². The van der Waals surface area contributed by atoms with Crippen molar-refractivity contribution in [3.63, 3.8) is 0 Å². The summed E-state index contributed by atoms with van der Waals surface area (Å²) in [4.78, 5) is 11.2. The summed E-state index contributed by atoms with van der Waals surface area (Å²) in [6.07, 6.45) is 3.73. The van der Waals surface area contributed by atoms with E-state index in [0.717, 1.165) is 25.7 Å². The van der Waals surface area contributed by atoms with Crippen LogP contribution in [0, 0.1) is 0 Å². The van der Waals surface area contributed by atoms with Crippen molar-refractivity contribution in [3.05, 3.63) is 0 Å². The standard InChI is InChI=1S/C8H15BrO/c1-3-5-7(9)8(10)6-4-2/h7H,3-6H2,1-2H3. The van der Waals surface area contributed by atoms with Crippen molar-refractivity contribution in [1.29, 1.82) is 0 Å². The summed E-state index contributed by atoms with van der Waals surface area (Å²) in [5, 5.41) is 0. The van der Waals surface area contributed by atoms with Gasteiger partial charge in [-0.2, -0.15) is 0 Å². The van der Waals surface area contributed by atoms with Gasteiger partial charge in [-0.05, 0) is 12.8 Å². The maximum absolute atomic E-state index is 11.1. The second kappa shape index (κ2) is 5.90. The molecular formula is C8H15BrO. The van der Waals surface area contributed by atoms with Gasteiger partial charge in [-0.15, -0.1) is 0 Å². The third kappa shape index (κ3) is 4.04. The summed E-state index contributed by atoms with van der Waals surface area (Å²) >= 11 is 3.35. The Hall–Kier alpha value is 0.150. The molecule has 0 fully saturated rings. The first-order valence-electron chi connectivity index (χ1n) is 3.89. The summed E-state index contributed by atoms with van der Waals surface area (Å²) in [6, 6.07) is 0. The van der Waals surface area contributed by atoms with E-state index >= 15 is 0 Å². The molecule has 0 saturated carbocycles. The molecule has 0 heterocycles. The minimum atomic E-state index is 0.109. The van der Waals surface area contributed by atoms with E-state index in [1.54, 1.807) is 0 Å². The Morgan fingerprint density at radius 3 is 2.40 bits per heavy atom. The highest BCUT2D eigenvalue weighted by atomic mass is 79.9.